The fraction of sp³-hybridized carbons (Fsp3) is 0.188. The molecule has 10 heteroatoms. The predicted octanol–water partition coefficient (Wildman–Crippen LogP) is 5.87. The molecule has 1 aliphatic heterocycles. The van der Waals surface area contributed by atoms with Crippen molar-refractivity contribution in [3.05, 3.63) is 88.2 Å². The Labute approximate surface area is 245 Å². The molecule has 4 amide bonds. The second-order valence-electron chi connectivity index (χ2n) is 11.1. The molecule has 212 valence electrons. The van der Waals surface area contributed by atoms with Gasteiger partial charge in [0.2, 0.25) is 0 Å². The molecule has 1 aliphatic carbocycles. The SMILES string of the molecule is Cc1c(-c2c(Cl)cc(C(N)=O)c3[nH]c4cc(C(C)(C)O)ccc4c23)cccc1N1C(=O)C2C=CC(F)=CC2=[N+](C)C1=O. The van der Waals surface area contributed by atoms with Crippen LogP contribution in [0.3, 0.4) is 0 Å². The molecule has 6 rings (SSSR count). The Balaban J connectivity index is 1.60. The molecule has 1 atom stereocenters. The number of urea groups is 1. The molecular formula is C32H27ClFN4O4+. The zero-order valence-electron chi connectivity index (χ0n) is 23.3. The van der Waals surface area contributed by atoms with E-state index in [1.807, 2.05) is 18.2 Å². The van der Waals surface area contributed by atoms with E-state index < -0.39 is 35.2 Å². The number of fused-ring (bicyclic) bond motifs is 4. The molecule has 42 heavy (non-hydrogen) atoms. The summed E-state index contributed by atoms with van der Waals surface area (Å²) >= 11 is 6.87. The lowest BCUT2D eigenvalue weighted by molar-refractivity contribution is -0.393. The van der Waals surface area contributed by atoms with Crippen LogP contribution in [0.2, 0.25) is 5.02 Å². The van der Waals surface area contributed by atoms with Gasteiger partial charge in [-0.15, -0.1) is 4.90 Å². The summed E-state index contributed by atoms with van der Waals surface area (Å²) in [7, 11) is 1.50. The molecule has 2 aliphatic rings. The Bertz CT molecular complexity index is 2000. The molecule has 8 nitrogen and oxygen atoms in total. The van der Waals surface area contributed by atoms with Crippen molar-refractivity contribution in [2.75, 3.05) is 11.9 Å². The number of aromatic amines is 1. The van der Waals surface area contributed by atoms with Crippen LogP contribution in [0.15, 0.2) is 66.5 Å². The van der Waals surface area contributed by atoms with Gasteiger partial charge in [-0.3, -0.25) is 4.79 Å². The number of imide groups is 1. The highest BCUT2D eigenvalue weighted by atomic mass is 35.5. The number of carbonyl (C=O) groups excluding carboxylic acids is 3. The lowest BCUT2D eigenvalue weighted by Crippen LogP contribution is -2.54. The minimum atomic E-state index is -1.10. The Kier molecular flexibility index (Phi) is 6.22. The van der Waals surface area contributed by atoms with Crippen molar-refractivity contribution in [3.63, 3.8) is 0 Å². The lowest BCUT2D eigenvalue weighted by atomic mass is 9.91. The second-order valence-corrected chi connectivity index (χ2v) is 11.5. The first-order chi connectivity index (χ1) is 19.8. The van der Waals surface area contributed by atoms with E-state index in [4.69, 9.17) is 17.3 Å². The Morgan fingerprint density at radius 1 is 1.19 bits per heavy atom. The lowest BCUT2D eigenvalue weighted by Gasteiger charge is -2.26. The number of primary amides is 1. The van der Waals surface area contributed by atoms with Crippen LogP contribution in [0, 0.1) is 12.8 Å². The number of nitrogens with zero attached hydrogens (tertiary/aromatic N) is 2. The molecule has 0 saturated carbocycles. The van der Waals surface area contributed by atoms with E-state index in [1.54, 1.807) is 39.0 Å². The monoisotopic (exact) mass is 585 g/mol. The first-order valence-electron chi connectivity index (χ1n) is 13.2. The number of aromatic nitrogens is 1. The molecular weight excluding hydrogens is 559 g/mol. The molecule has 0 fully saturated rings. The quantitative estimate of drug-likeness (QED) is 0.260. The van der Waals surface area contributed by atoms with Crippen LogP contribution in [0.25, 0.3) is 32.9 Å². The van der Waals surface area contributed by atoms with Gasteiger partial charge in [-0.05, 0) is 56.2 Å². The van der Waals surface area contributed by atoms with Gasteiger partial charge in [0.05, 0.1) is 23.7 Å². The van der Waals surface area contributed by atoms with Gasteiger partial charge in [-0.2, -0.15) is 9.37 Å². The molecule has 0 bridgehead atoms. The van der Waals surface area contributed by atoms with Gasteiger partial charge in [0, 0.05) is 38.5 Å². The van der Waals surface area contributed by atoms with Gasteiger partial charge < -0.3 is 15.8 Å². The number of benzene rings is 3. The van der Waals surface area contributed by atoms with E-state index in [2.05, 4.69) is 4.98 Å². The summed E-state index contributed by atoms with van der Waals surface area (Å²) in [5.41, 5.74) is 9.07. The maximum absolute atomic E-state index is 13.9. The Morgan fingerprint density at radius 3 is 2.62 bits per heavy atom. The molecule has 0 spiro atoms. The number of nitrogens with two attached hydrogens (primary N) is 1. The number of hydrogen-bond donors (Lipinski definition) is 3. The van der Waals surface area contributed by atoms with E-state index in [1.165, 1.54) is 35.9 Å². The molecule has 1 aromatic heterocycles. The summed E-state index contributed by atoms with van der Waals surface area (Å²) < 4.78 is 15.2. The molecule has 0 radical (unpaired) electrons. The van der Waals surface area contributed by atoms with Crippen molar-refractivity contribution in [2.45, 2.75) is 26.4 Å². The third-order valence-electron chi connectivity index (χ3n) is 8.02. The van der Waals surface area contributed by atoms with Crippen LogP contribution in [0.4, 0.5) is 14.9 Å². The third-order valence-corrected chi connectivity index (χ3v) is 8.32. The average Bonchev–Trinajstić information content (AvgIpc) is 3.30. The van der Waals surface area contributed by atoms with Crippen LogP contribution in [0.1, 0.15) is 35.3 Å². The number of amides is 4. The number of nitrogens with one attached hydrogen (secondary N) is 1. The largest absolute Gasteiger partial charge is 0.505 e. The number of halogens is 2. The second kappa shape index (κ2) is 9.47. The normalized spacial score (nSPS) is 17.4. The van der Waals surface area contributed by atoms with Gasteiger partial charge in [-0.1, -0.05) is 41.9 Å². The highest BCUT2D eigenvalue weighted by molar-refractivity contribution is 6.38. The number of anilines is 1. The van der Waals surface area contributed by atoms with Gasteiger partial charge in [0.15, 0.2) is 0 Å². The molecule has 1 unspecified atom stereocenters. The molecule has 4 N–H and O–H groups in total. The summed E-state index contributed by atoms with van der Waals surface area (Å²) in [5.74, 6) is -2.52. The molecule has 3 aromatic carbocycles. The van der Waals surface area contributed by atoms with E-state index >= 15 is 0 Å². The smallest absolute Gasteiger partial charge is 0.386 e. The molecule has 0 saturated heterocycles. The van der Waals surface area contributed by atoms with Crippen molar-refractivity contribution < 1.29 is 28.5 Å². The van der Waals surface area contributed by atoms with E-state index in [-0.39, 0.29) is 16.3 Å². The van der Waals surface area contributed by atoms with Crippen LogP contribution >= 0.6 is 11.6 Å². The maximum Gasteiger partial charge on any atom is 0.505 e. The predicted molar refractivity (Wildman–Crippen MR) is 161 cm³/mol. The van der Waals surface area contributed by atoms with E-state index in [0.29, 0.717) is 44.4 Å². The molecule has 2 heterocycles. The Hall–Kier alpha value is -4.60. The fourth-order valence-electron chi connectivity index (χ4n) is 5.82. The van der Waals surface area contributed by atoms with Crippen LogP contribution < -0.4 is 10.6 Å². The minimum absolute atomic E-state index is 0.198. The average molecular weight is 586 g/mol. The first kappa shape index (κ1) is 27.6. The number of hydrogen-bond acceptors (Lipinski definition) is 4. The van der Waals surface area contributed by atoms with Crippen molar-refractivity contribution in [1.29, 1.82) is 0 Å². The fourth-order valence-corrected chi connectivity index (χ4v) is 6.13. The van der Waals surface area contributed by atoms with E-state index in [9.17, 15) is 23.9 Å². The zero-order chi connectivity index (χ0) is 30.2. The number of aliphatic hydroxyl groups is 1. The standard InChI is InChI=1S/C32H26ClFN4O4/c1-15-18(6-5-7-24(15)38-30(40)20-11-9-17(34)13-25(20)37(4)31(38)41)26-22(33)14-21(29(35)39)28-27(26)19-10-8-16(32(2,3)42)12-23(19)36-28/h5-14,20,42H,1-4H3,(H2-,35,36,39)/p+1. The summed E-state index contributed by atoms with van der Waals surface area (Å²) in [6.07, 6.45) is 3.85. The summed E-state index contributed by atoms with van der Waals surface area (Å²) in [6, 6.07) is 11.6. The first-order valence-corrected chi connectivity index (χ1v) is 13.6. The number of H-pyrrole nitrogens is 1. The van der Waals surface area contributed by atoms with Gasteiger partial charge >= 0.3 is 11.9 Å². The highest BCUT2D eigenvalue weighted by Gasteiger charge is 2.48. The number of carbonyl (C=O) groups is 3. The summed E-state index contributed by atoms with van der Waals surface area (Å²) in [4.78, 5) is 43.9. The summed E-state index contributed by atoms with van der Waals surface area (Å²) in [5, 5.41) is 12.2. The topological polar surface area (TPSA) is 120 Å². The summed E-state index contributed by atoms with van der Waals surface area (Å²) in [6.45, 7) is 5.15. The van der Waals surface area contributed by atoms with Gasteiger partial charge in [0.1, 0.15) is 23.1 Å². The maximum atomic E-state index is 13.9. The molecule has 4 aromatic rings. The van der Waals surface area contributed by atoms with Crippen LogP contribution in [0.5, 0.6) is 0 Å². The third kappa shape index (κ3) is 4.07. The highest BCUT2D eigenvalue weighted by Crippen LogP contribution is 2.44. The van der Waals surface area contributed by atoms with Crippen LogP contribution in [-0.2, 0) is 10.4 Å². The van der Waals surface area contributed by atoms with Crippen LogP contribution in [-0.4, -0.2) is 45.3 Å². The number of allylic oxidation sites excluding steroid dienone is 3. The van der Waals surface area contributed by atoms with Gasteiger partial charge in [0.25, 0.3) is 5.91 Å². The van der Waals surface area contributed by atoms with Gasteiger partial charge in [-0.25, -0.2) is 9.18 Å². The minimum Gasteiger partial charge on any atom is -0.386 e. The number of rotatable bonds is 4. The zero-order valence-corrected chi connectivity index (χ0v) is 24.0. The Morgan fingerprint density at radius 2 is 1.93 bits per heavy atom. The van der Waals surface area contributed by atoms with Crippen molar-refractivity contribution in [3.8, 4) is 11.1 Å². The van der Waals surface area contributed by atoms with E-state index in [0.717, 1.165) is 10.3 Å². The van der Waals surface area contributed by atoms with Crippen molar-refractivity contribution >= 4 is 62.7 Å². The van der Waals surface area contributed by atoms with Crippen molar-refractivity contribution in [1.82, 2.24) is 4.98 Å². The van der Waals surface area contributed by atoms with Crippen molar-refractivity contribution in [2.24, 2.45) is 11.7 Å².